The monoisotopic (exact) mass is 389 g/mol. The second kappa shape index (κ2) is 7.54. The average molecular weight is 389 g/mol. The topological polar surface area (TPSA) is 106 Å². The molecule has 1 heterocycles. The predicted octanol–water partition coefficient (Wildman–Crippen LogP) is 2.22. The number of rotatable bonds is 6. The third kappa shape index (κ3) is 4.88. The second-order valence-electron chi connectivity index (χ2n) is 5.70. The van der Waals surface area contributed by atoms with Crippen molar-refractivity contribution in [3.05, 3.63) is 66.2 Å². The number of carbonyl (C=O) groups is 1. The molecule has 0 spiro atoms. The Morgan fingerprint density at radius 1 is 1.11 bits per heavy atom. The molecule has 10 heteroatoms. The molecular weight excluding hydrogens is 373 g/mol. The predicted molar refractivity (Wildman–Crippen MR) is 97.1 cm³/mol. The first kappa shape index (κ1) is 18.5. The molecule has 2 aromatic carbocycles. The lowest BCUT2D eigenvalue weighted by Gasteiger charge is -2.06. The molecule has 0 saturated heterocycles. The van der Waals surface area contributed by atoms with Gasteiger partial charge in [0.1, 0.15) is 12.1 Å². The SMILES string of the molecule is CC(=O)Nc1ccc(S(=O)(=O)Nc2ncn(Cc3ccc(F)cc3)n2)cc1. The van der Waals surface area contributed by atoms with E-state index >= 15 is 0 Å². The Hall–Kier alpha value is -3.27. The molecule has 0 atom stereocenters. The summed E-state index contributed by atoms with van der Waals surface area (Å²) < 4.78 is 41.5. The van der Waals surface area contributed by atoms with E-state index in [2.05, 4.69) is 20.1 Å². The maximum Gasteiger partial charge on any atom is 0.264 e. The van der Waals surface area contributed by atoms with Gasteiger partial charge in [-0.1, -0.05) is 12.1 Å². The van der Waals surface area contributed by atoms with Crippen molar-refractivity contribution in [2.24, 2.45) is 0 Å². The van der Waals surface area contributed by atoms with Crippen LogP contribution in [0.4, 0.5) is 16.0 Å². The molecule has 0 aliphatic rings. The van der Waals surface area contributed by atoms with Crippen molar-refractivity contribution in [2.45, 2.75) is 18.4 Å². The molecule has 0 aliphatic heterocycles. The highest BCUT2D eigenvalue weighted by Gasteiger charge is 2.16. The van der Waals surface area contributed by atoms with Crippen LogP contribution in [0.5, 0.6) is 0 Å². The number of amides is 1. The Bertz CT molecular complexity index is 1050. The van der Waals surface area contributed by atoms with Gasteiger partial charge in [-0.3, -0.25) is 4.79 Å². The molecular formula is C17H16FN5O3S. The largest absolute Gasteiger partial charge is 0.326 e. The Morgan fingerprint density at radius 2 is 1.78 bits per heavy atom. The van der Waals surface area contributed by atoms with Crippen LogP contribution in [0.3, 0.4) is 0 Å². The number of benzene rings is 2. The van der Waals surface area contributed by atoms with Gasteiger partial charge in [-0.15, -0.1) is 5.10 Å². The van der Waals surface area contributed by atoms with Gasteiger partial charge in [0.05, 0.1) is 11.4 Å². The van der Waals surface area contributed by atoms with Gasteiger partial charge in [0.25, 0.3) is 16.0 Å². The highest BCUT2D eigenvalue weighted by molar-refractivity contribution is 7.92. The van der Waals surface area contributed by atoms with Gasteiger partial charge in [0, 0.05) is 12.6 Å². The van der Waals surface area contributed by atoms with Crippen molar-refractivity contribution in [2.75, 3.05) is 10.0 Å². The average Bonchev–Trinajstić information content (AvgIpc) is 3.03. The quantitative estimate of drug-likeness (QED) is 0.672. The number of carbonyl (C=O) groups excluding carboxylic acids is 1. The van der Waals surface area contributed by atoms with E-state index in [-0.39, 0.29) is 22.6 Å². The number of hydrogen-bond acceptors (Lipinski definition) is 5. The molecule has 0 bridgehead atoms. The first-order valence-corrected chi connectivity index (χ1v) is 9.34. The second-order valence-corrected chi connectivity index (χ2v) is 7.39. The Kier molecular flexibility index (Phi) is 5.17. The molecule has 3 aromatic rings. The molecule has 1 aromatic heterocycles. The van der Waals surface area contributed by atoms with Crippen LogP contribution < -0.4 is 10.0 Å². The fraction of sp³-hybridized carbons (Fsp3) is 0.118. The number of sulfonamides is 1. The van der Waals surface area contributed by atoms with Crippen LogP contribution in [0, 0.1) is 5.82 Å². The molecule has 8 nitrogen and oxygen atoms in total. The lowest BCUT2D eigenvalue weighted by atomic mass is 10.2. The summed E-state index contributed by atoms with van der Waals surface area (Å²) in [5, 5.41) is 6.62. The van der Waals surface area contributed by atoms with Gasteiger partial charge in [-0.05, 0) is 42.0 Å². The molecule has 1 amide bonds. The van der Waals surface area contributed by atoms with Gasteiger partial charge in [-0.2, -0.15) is 4.98 Å². The Balaban J connectivity index is 1.69. The third-order valence-corrected chi connectivity index (χ3v) is 4.85. The highest BCUT2D eigenvalue weighted by Crippen LogP contribution is 2.16. The van der Waals surface area contributed by atoms with Gasteiger partial charge in [-0.25, -0.2) is 22.2 Å². The molecule has 0 saturated carbocycles. The smallest absolute Gasteiger partial charge is 0.264 e. The summed E-state index contributed by atoms with van der Waals surface area (Å²) in [7, 11) is -3.87. The third-order valence-electron chi connectivity index (χ3n) is 3.50. The van der Waals surface area contributed by atoms with Crippen LogP contribution in [-0.4, -0.2) is 29.1 Å². The lowest BCUT2D eigenvalue weighted by Crippen LogP contribution is -2.14. The molecule has 0 fully saturated rings. The van der Waals surface area contributed by atoms with Gasteiger partial charge >= 0.3 is 0 Å². The van der Waals surface area contributed by atoms with Gasteiger partial charge in [0.15, 0.2) is 0 Å². The minimum absolute atomic E-state index is 0.00601. The van der Waals surface area contributed by atoms with Crippen molar-refractivity contribution in [3.8, 4) is 0 Å². The molecule has 27 heavy (non-hydrogen) atoms. The maximum atomic E-state index is 12.9. The van der Waals surface area contributed by atoms with Crippen LogP contribution in [0.15, 0.2) is 59.8 Å². The van der Waals surface area contributed by atoms with Crippen molar-refractivity contribution >= 4 is 27.6 Å². The van der Waals surface area contributed by atoms with Crippen LogP contribution in [-0.2, 0) is 21.4 Å². The zero-order valence-electron chi connectivity index (χ0n) is 14.3. The number of nitrogens with zero attached hydrogens (tertiary/aromatic N) is 3. The first-order valence-electron chi connectivity index (χ1n) is 7.86. The molecule has 0 radical (unpaired) electrons. The van der Waals surface area contributed by atoms with Crippen LogP contribution in [0.1, 0.15) is 12.5 Å². The van der Waals surface area contributed by atoms with E-state index in [4.69, 9.17) is 0 Å². The normalized spacial score (nSPS) is 11.2. The van der Waals surface area contributed by atoms with Crippen LogP contribution in [0.2, 0.25) is 0 Å². The number of aromatic nitrogens is 3. The van der Waals surface area contributed by atoms with E-state index in [1.165, 1.54) is 54.3 Å². The molecule has 2 N–H and O–H groups in total. The standard InChI is InChI=1S/C17H16FN5O3S/c1-12(24)20-15-6-8-16(9-7-15)27(25,26)22-17-19-11-23(21-17)10-13-2-4-14(18)5-3-13/h2-9,11H,10H2,1H3,(H,20,24)(H,21,22). The van der Waals surface area contributed by atoms with Crippen molar-refractivity contribution in [1.29, 1.82) is 0 Å². The summed E-state index contributed by atoms with van der Waals surface area (Å²) in [6.07, 6.45) is 1.38. The summed E-state index contributed by atoms with van der Waals surface area (Å²) in [6, 6.07) is 11.6. The minimum atomic E-state index is -3.87. The van der Waals surface area contributed by atoms with Gasteiger partial charge in [0.2, 0.25) is 5.91 Å². The van der Waals surface area contributed by atoms with Gasteiger partial charge < -0.3 is 5.32 Å². The van der Waals surface area contributed by atoms with E-state index in [9.17, 15) is 17.6 Å². The van der Waals surface area contributed by atoms with Crippen LogP contribution in [0.25, 0.3) is 0 Å². The number of anilines is 2. The Labute approximate surface area is 155 Å². The zero-order valence-corrected chi connectivity index (χ0v) is 15.1. The fourth-order valence-corrected chi connectivity index (χ4v) is 3.24. The summed E-state index contributed by atoms with van der Waals surface area (Å²) in [5.74, 6) is -0.669. The maximum absolute atomic E-state index is 12.9. The van der Waals surface area contributed by atoms with E-state index in [1.807, 2.05) is 0 Å². The van der Waals surface area contributed by atoms with Crippen molar-refractivity contribution in [1.82, 2.24) is 14.8 Å². The molecule has 0 aliphatic carbocycles. The number of halogens is 1. The zero-order chi connectivity index (χ0) is 19.4. The lowest BCUT2D eigenvalue weighted by molar-refractivity contribution is -0.114. The summed E-state index contributed by atoms with van der Waals surface area (Å²) >= 11 is 0. The summed E-state index contributed by atoms with van der Waals surface area (Å²) in [6.45, 7) is 1.68. The van der Waals surface area contributed by atoms with E-state index in [0.717, 1.165) is 5.56 Å². The minimum Gasteiger partial charge on any atom is -0.326 e. The van der Waals surface area contributed by atoms with E-state index < -0.39 is 10.0 Å². The fourth-order valence-electron chi connectivity index (χ4n) is 2.29. The molecule has 140 valence electrons. The highest BCUT2D eigenvalue weighted by atomic mass is 32.2. The molecule has 3 rings (SSSR count). The summed E-state index contributed by atoms with van der Waals surface area (Å²) in [5.41, 5.74) is 1.28. The van der Waals surface area contributed by atoms with Crippen molar-refractivity contribution in [3.63, 3.8) is 0 Å². The number of hydrogen-bond donors (Lipinski definition) is 2. The van der Waals surface area contributed by atoms with E-state index in [0.29, 0.717) is 12.2 Å². The first-order chi connectivity index (χ1) is 12.8. The van der Waals surface area contributed by atoms with Crippen LogP contribution >= 0.6 is 0 Å². The number of nitrogens with one attached hydrogen (secondary N) is 2. The Morgan fingerprint density at radius 3 is 2.41 bits per heavy atom. The summed E-state index contributed by atoms with van der Waals surface area (Å²) in [4.78, 5) is 14.9. The van der Waals surface area contributed by atoms with Crippen molar-refractivity contribution < 1.29 is 17.6 Å². The molecule has 0 unspecified atom stereocenters. The van der Waals surface area contributed by atoms with E-state index in [1.54, 1.807) is 12.1 Å².